The van der Waals surface area contributed by atoms with Gasteiger partial charge in [0.1, 0.15) is 12.4 Å². The molecule has 0 aliphatic carbocycles. The second-order valence-corrected chi connectivity index (χ2v) is 4.38. The maximum absolute atomic E-state index is 5.82. The van der Waals surface area contributed by atoms with E-state index in [-0.39, 0.29) is 0 Å². The van der Waals surface area contributed by atoms with E-state index in [9.17, 15) is 0 Å². The molecule has 2 aromatic carbocycles. The van der Waals surface area contributed by atoms with Gasteiger partial charge in [-0.2, -0.15) is 0 Å². The van der Waals surface area contributed by atoms with Gasteiger partial charge in [0.25, 0.3) is 0 Å². The van der Waals surface area contributed by atoms with Crippen molar-refractivity contribution in [1.29, 1.82) is 0 Å². The highest BCUT2D eigenvalue weighted by Gasteiger charge is 2.08. The van der Waals surface area contributed by atoms with Gasteiger partial charge >= 0.3 is 0 Å². The summed E-state index contributed by atoms with van der Waals surface area (Å²) in [5.41, 5.74) is 3.57. The standard InChI is InChI=1S/C16H15NO/c1-12-15(11-18-13-7-3-2-4-8-13)14-9-5-6-10-16(14)17-12/h2-10,17H,11H2,1H3. The lowest BCUT2D eigenvalue weighted by Crippen LogP contribution is -1.96. The van der Waals surface area contributed by atoms with Gasteiger partial charge in [0.2, 0.25) is 0 Å². The topological polar surface area (TPSA) is 25.0 Å². The Morgan fingerprint density at radius 3 is 2.50 bits per heavy atom. The molecule has 90 valence electrons. The summed E-state index contributed by atoms with van der Waals surface area (Å²) in [5, 5.41) is 1.24. The van der Waals surface area contributed by atoms with Crippen molar-refractivity contribution < 1.29 is 4.74 Å². The van der Waals surface area contributed by atoms with Crippen LogP contribution in [0.25, 0.3) is 10.9 Å². The zero-order valence-electron chi connectivity index (χ0n) is 10.3. The van der Waals surface area contributed by atoms with Crippen LogP contribution in [-0.2, 0) is 6.61 Å². The number of hydrogen-bond acceptors (Lipinski definition) is 1. The number of ether oxygens (including phenoxy) is 1. The molecule has 0 radical (unpaired) electrons. The van der Waals surface area contributed by atoms with Crippen molar-refractivity contribution in [1.82, 2.24) is 4.98 Å². The average Bonchev–Trinajstić information content (AvgIpc) is 2.73. The first-order chi connectivity index (χ1) is 8.84. The van der Waals surface area contributed by atoms with Gasteiger partial charge in [0.05, 0.1) is 0 Å². The molecule has 0 saturated heterocycles. The molecule has 3 aromatic rings. The van der Waals surface area contributed by atoms with Gasteiger partial charge < -0.3 is 9.72 Å². The zero-order chi connectivity index (χ0) is 12.4. The van der Waals surface area contributed by atoms with Crippen LogP contribution in [0, 0.1) is 6.92 Å². The second-order valence-electron chi connectivity index (χ2n) is 4.38. The first-order valence-electron chi connectivity index (χ1n) is 6.08. The quantitative estimate of drug-likeness (QED) is 0.730. The third-order valence-electron chi connectivity index (χ3n) is 3.15. The molecule has 1 N–H and O–H groups in total. The fraction of sp³-hybridized carbons (Fsp3) is 0.125. The fourth-order valence-electron chi connectivity index (χ4n) is 2.19. The largest absolute Gasteiger partial charge is 0.489 e. The van der Waals surface area contributed by atoms with E-state index >= 15 is 0 Å². The van der Waals surface area contributed by atoms with E-state index in [1.807, 2.05) is 36.4 Å². The third-order valence-corrected chi connectivity index (χ3v) is 3.15. The number of aryl methyl sites for hydroxylation is 1. The highest BCUT2D eigenvalue weighted by Crippen LogP contribution is 2.23. The summed E-state index contributed by atoms with van der Waals surface area (Å²) >= 11 is 0. The molecule has 0 unspecified atom stereocenters. The van der Waals surface area contributed by atoms with Crippen molar-refractivity contribution in [3.8, 4) is 5.75 Å². The number of aromatic amines is 1. The summed E-state index contributed by atoms with van der Waals surface area (Å²) < 4.78 is 5.82. The predicted molar refractivity (Wildman–Crippen MR) is 73.8 cm³/mol. The van der Waals surface area contributed by atoms with E-state index in [1.54, 1.807) is 0 Å². The summed E-state index contributed by atoms with van der Waals surface area (Å²) in [6.07, 6.45) is 0. The molecule has 2 heteroatoms. The Kier molecular flexibility index (Phi) is 2.77. The number of rotatable bonds is 3. The number of fused-ring (bicyclic) bond motifs is 1. The van der Waals surface area contributed by atoms with E-state index in [2.05, 4.69) is 30.1 Å². The number of benzene rings is 2. The summed E-state index contributed by atoms with van der Waals surface area (Å²) in [6.45, 7) is 2.68. The first-order valence-corrected chi connectivity index (χ1v) is 6.08. The maximum atomic E-state index is 5.82. The van der Waals surface area contributed by atoms with Gasteiger partial charge in [-0.15, -0.1) is 0 Å². The van der Waals surface area contributed by atoms with Crippen molar-refractivity contribution >= 4 is 10.9 Å². The molecule has 1 heterocycles. The normalized spacial score (nSPS) is 10.7. The highest BCUT2D eigenvalue weighted by molar-refractivity contribution is 5.84. The van der Waals surface area contributed by atoms with Gasteiger partial charge in [-0.25, -0.2) is 0 Å². The molecule has 0 fully saturated rings. The summed E-state index contributed by atoms with van der Waals surface area (Å²) in [5.74, 6) is 0.905. The lowest BCUT2D eigenvalue weighted by Gasteiger charge is -2.06. The number of H-pyrrole nitrogens is 1. The monoisotopic (exact) mass is 237 g/mol. The Bertz CT molecular complexity index is 655. The predicted octanol–water partition coefficient (Wildman–Crippen LogP) is 4.06. The fourth-order valence-corrected chi connectivity index (χ4v) is 2.19. The number of hydrogen-bond donors (Lipinski definition) is 1. The van der Waals surface area contributed by atoms with Gasteiger partial charge in [-0.3, -0.25) is 0 Å². The molecule has 0 aliphatic rings. The number of nitrogens with one attached hydrogen (secondary N) is 1. The summed E-state index contributed by atoms with van der Waals surface area (Å²) in [6, 6.07) is 18.2. The van der Waals surface area contributed by atoms with Crippen LogP contribution in [0.2, 0.25) is 0 Å². The molecule has 3 rings (SSSR count). The van der Waals surface area contributed by atoms with Crippen molar-refractivity contribution in [2.45, 2.75) is 13.5 Å². The van der Waals surface area contributed by atoms with Crippen LogP contribution in [0.3, 0.4) is 0 Å². The Balaban J connectivity index is 1.89. The molecule has 18 heavy (non-hydrogen) atoms. The molecule has 0 aliphatic heterocycles. The molecule has 0 atom stereocenters. The molecular weight excluding hydrogens is 222 g/mol. The van der Waals surface area contributed by atoms with Gasteiger partial charge in [0.15, 0.2) is 0 Å². The Morgan fingerprint density at radius 1 is 0.944 bits per heavy atom. The Labute approximate surface area is 106 Å². The Hall–Kier alpha value is -2.22. The highest BCUT2D eigenvalue weighted by atomic mass is 16.5. The van der Waals surface area contributed by atoms with Crippen molar-refractivity contribution in [2.75, 3.05) is 0 Å². The molecular formula is C16H15NO. The third kappa shape index (κ3) is 1.97. The minimum atomic E-state index is 0.597. The van der Waals surface area contributed by atoms with E-state index in [0.29, 0.717) is 6.61 Å². The number of aromatic nitrogens is 1. The van der Waals surface area contributed by atoms with Crippen LogP contribution in [0.4, 0.5) is 0 Å². The maximum Gasteiger partial charge on any atom is 0.119 e. The van der Waals surface area contributed by atoms with Crippen LogP contribution >= 0.6 is 0 Å². The molecule has 0 spiro atoms. The average molecular weight is 237 g/mol. The van der Waals surface area contributed by atoms with E-state index < -0.39 is 0 Å². The van der Waals surface area contributed by atoms with E-state index in [0.717, 1.165) is 5.75 Å². The van der Waals surface area contributed by atoms with Gasteiger partial charge in [0, 0.05) is 22.2 Å². The summed E-state index contributed by atoms with van der Waals surface area (Å²) in [7, 11) is 0. The Morgan fingerprint density at radius 2 is 1.67 bits per heavy atom. The molecule has 2 nitrogen and oxygen atoms in total. The minimum Gasteiger partial charge on any atom is -0.489 e. The van der Waals surface area contributed by atoms with Crippen molar-refractivity contribution in [3.05, 3.63) is 65.9 Å². The molecule has 0 saturated carbocycles. The van der Waals surface area contributed by atoms with E-state index in [4.69, 9.17) is 4.74 Å². The first kappa shape index (κ1) is 10.9. The van der Waals surface area contributed by atoms with Crippen molar-refractivity contribution in [2.24, 2.45) is 0 Å². The van der Waals surface area contributed by atoms with Crippen molar-refractivity contribution in [3.63, 3.8) is 0 Å². The van der Waals surface area contributed by atoms with Crippen LogP contribution in [0.1, 0.15) is 11.3 Å². The van der Waals surface area contributed by atoms with Gasteiger partial charge in [-0.1, -0.05) is 36.4 Å². The molecule has 0 bridgehead atoms. The number of para-hydroxylation sites is 2. The minimum absolute atomic E-state index is 0.597. The van der Waals surface area contributed by atoms with Crippen LogP contribution in [0.5, 0.6) is 5.75 Å². The van der Waals surface area contributed by atoms with Crippen LogP contribution in [0.15, 0.2) is 54.6 Å². The zero-order valence-corrected chi connectivity index (χ0v) is 10.3. The lowest BCUT2D eigenvalue weighted by atomic mass is 10.1. The summed E-state index contributed by atoms with van der Waals surface area (Å²) in [4.78, 5) is 3.38. The van der Waals surface area contributed by atoms with Crippen LogP contribution in [-0.4, -0.2) is 4.98 Å². The second kappa shape index (κ2) is 4.57. The molecule has 1 aromatic heterocycles. The smallest absolute Gasteiger partial charge is 0.119 e. The van der Waals surface area contributed by atoms with Gasteiger partial charge in [-0.05, 0) is 25.1 Å². The van der Waals surface area contributed by atoms with E-state index in [1.165, 1.54) is 22.2 Å². The lowest BCUT2D eigenvalue weighted by molar-refractivity contribution is 0.307. The SMILES string of the molecule is Cc1[nH]c2ccccc2c1COc1ccccc1. The molecule has 0 amide bonds. The van der Waals surface area contributed by atoms with Crippen LogP contribution < -0.4 is 4.74 Å².